The summed E-state index contributed by atoms with van der Waals surface area (Å²) in [5.74, 6) is 4.26. The number of amides is 1. The Balaban J connectivity index is 0.00000338. The fourth-order valence-electron chi connectivity index (χ4n) is 2.63. The average Bonchev–Trinajstić information content (AvgIpc) is 3.04. The lowest BCUT2D eigenvalue weighted by molar-refractivity contribution is -0.114. The van der Waals surface area contributed by atoms with E-state index in [2.05, 4.69) is 33.8 Å². The molecule has 0 bridgehead atoms. The SMILES string of the molecule is C#Cc1cccc(NC(=O)CN=C(NCC)NCC2(C)CCCS2)c1.I. The predicted octanol–water partition coefficient (Wildman–Crippen LogP) is 3.07. The number of guanidine groups is 1. The van der Waals surface area contributed by atoms with Crippen LogP contribution in [0.15, 0.2) is 29.3 Å². The molecule has 1 aromatic rings. The van der Waals surface area contributed by atoms with Crippen LogP contribution in [0.2, 0.25) is 0 Å². The number of halogens is 1. The Kier molecular flexibility index (Phi) is 9.88. The first kappa shape index (κ1) is 22.6. The summed E-state index contributed by atoms with van der Waals surface area (Å²) in [5, 5.41) is 9.35. The summed E-state index contributed by atoms with van der Waals surface area (Å²) in [7, 11) is 0. The number of thioether (sulfide) groups is 1. The van der Waals surface area contributed by atoms with Crippen LogP contribution in [0.3, 0.4) is 0 Å². The van der Waals surface area contributed by atoms with Gasteiger partial charge in [-0.05, 0) is 50.6 Å². The highest BCUT2D eigenvalue weighted by molar-refractivity contribution is 14.0. The number of benzene rings is 1. The summed E-state index contributed by atoms with van der Waals surface area (Å²) >= 11 is 1.99. The van der Waals surface area contributed by atoms with E-state index in [-0.39, 0.29) is 41.2 Å². The van der Waals surface area contributed by atoms with Crippen molar-refractivity contribution in [2.24, 2.45) is 4.99 Å². The molecule has 1 heterocycles. The van der Waals surface area contributed by atoms with E-state index in [9.17, 15) is 4.79 Å². The number of aliphatic imine (C=N–C) groups is 1. The van der Waals surface area contributed by atoms with Crippen LogP contribution in [0.5, 0.6) is 0 Å². The zero-order valence-electron chi connectivity index (χ0n) is 15.3. The van der Waals surface area contributed by atoms with Crippen molar-refractivity contribution < 1.29 is 4.79 Å². The summed E-state index contributed by atoms with van der Waals surface area (Å²) in [6.45, 7) is 5.93. The van der Waals surface area contributed by atoms with Crippen LogP contribution in [-0.2, 0) is 4.79 Å². The zero-order chi connectivity index (χ0) is 18.1. The van der Waals surface area contributed by atoms with Crippen LogP contribution in [0, 0.1) is 12.3 Å². The molecule has 0 aliphatic carbocycles. The first-order valence-corrected chi connectivity index (χ1v) is 9.56. The van der Waals surface area contributed by atoms with Gasteiger partial charge in [0.25, 0.3) is 0 Å². The molecule has 0 saturated carbocycles. The fraction of sp³-hybridized carbons (Fsp3) is 0.474. The van der Waals surface area contributed by atoms with Gasteiger partial charge in [-0.1, -0.05) is 12.0 Å². The Bertz CT molecular complexity index is 666. The first-order chi connectivity index (χ1) is 12.0. The first-order valence-electron chi connectivity index (χ1n) is 8.57. The maximum atomic E-state index is 12.1. The Hall–Kier alpha value is -1.40. The number of anilines is 1. The Morgan fingerprint density at radius 1 is 1.42 bits per heavy atom. The second kappa shape index (κ2) is 11.3. The van der Waals surface area contributed by atoms with Crippen molar-refractivity contribution in [3.8, 4) is 12.3 Å². The summed E-state index contributed by atoms with van der Waals surface area (Å²) in [4.78, 5) is 16.5. The smallest absolute Gasteiger partial charge is 0.246 e. The molecule has 5 nitrogen and oxygen atoms in total. The number of hydrogen-bond acceptors (Lipinski definition) is 3. The quantitative estimate of drug-likeness (QED) is 0.250. The number of terminal acetylenes is 1. The summed E-state index contributed by atoms with van der Waals surface area (Å²) in [6, 6.07) is 7.22. The van der Waals surface area contributed by atoms with Gasteiger partial charge in [0.15, 0.2) is 5.96 Å². The van der Waals surface area contributed by atoms with Gasteiger partial charge in [0, 0.05) is 29.1 Å². The lowest BCUT2D eigenvalue weighted by atomic mass is 10.1. The molecule has 1 amide bonds. The van der Waals surface area contributed by atoms with Crippen LogP contribution in [0.25, 0.3) is 0 Å². The highest BCUT2D eigenvalue weighted by atomic mass is 127. The number of hydrogen-bond donors (Lipinski definition) is 3. The van der Waals surface area contributed by atoms with E-state index in [0.29, 0.717) is 11.6 Å². The fourth-order valence-corrected chi connectivity index (χ4v) is 3.87. The number of carbonyl (C=O) groups excluding carboxylic acids is 1. The van der Waals surface area contributed by atoms with Gasteiger partial charge in [0.05, 0.1) is 0 Å². The van der Waals surface area contributed by atoms with Crippen molar-refractivity contribution in [1.29, 1.82) is 0 Å². The van der Waals surface area contributed by atoms with Crippen molar-refractivity contribution in [1.82, 2.24) is 10.6 Å². The van der Waals surface area contributed by atoms with E-state index in [1.165, 1.54) is 18.6 Å². The predicted molar refractivity (Wildman–Crippen MR) is 123 cm³/mol. The van der Waals surface area contributed by atoms with Crippen LogP contribution >= 0.6 is 35.7 Å². The monoisotopic (exact) mass is 486 g/mol. The van der Waals surface area contributed by atoms with Crippen molar-refractivity contribution in [2.75, 3.05) is 30.7 Å². The second-order valence-corrected chi connectivity index (χ2v) is 7.91. The maximum absolute atomic E-state index is 12.1. The van der Waals surface area contributed by atoms with Crippen LogP contribution in [-0.4, -0.2) is 42.0 Å². The van der Waals surface area contributed by atoms with Crippen molar-refractivity contribution in [2.45, 2.75) is 31.4 Å². The van der Waals surface area contributed by atoms with Gasteiger partial charge >= 0.3 is 0 Å². The molecule has 1 aliphatic heterocycles. The van der Waals surface area contributed by atoms with E-state index in [1.807, 2.05) is 36.9 Å². The lowest BCUT2D eigenvalue weighted by Crippen LogP contribution is -2.44. The van der Waals surface area contributed by atoms with Crippen molar-refractivity contribution >= 4 is 53.3 Å². The molecule has 1 aliphatic rings. The molecular formula is C19H27IN4OS. The normalized spacial score (nSPS) is 19.2. The van der Waals surface area contributed by atoms with Crippen LogP contribution < -0.4 is 16.0 Å². The third-order valence-corrected chi connectivity index (χ3v) is 5.51. The molecule has 26 heavy (non-hydrogen) atoms. The number of carbonyl (C=O) groups is 1. The molecule has 1 saturated heterocycles. The van der Waals surface area contributed by atoms with Crippen molar-refractivity contribution in [3.63, 3.8) is 0 Å². The van der Waals surface area contributed by atoms with Crippen LogP contribution in [0.1, 0.15) is 32.3 Å². The largest absolute Gasteiger partial charge is 0.357 e. The molecule has 1 unspecified atom stereocenters. The van der Waals surface area contributed by atoms with E-state index in [4.69, 9.17) is 6.42 Å². The third-order valence-electron chi connectivity index (χ3n) is 3.97. The van der Waals surface area contributed by atoms with Gasteiger partial charge in [0.1, 0.15) is 6.54 Å². The van der Waals surface area contributed by atoms with E-state index in [1.54, 1.807) is 6.07 Å². The summed E-state index contributed by atoms with van der Waals surface area (Å²) in [6.07, 6.45) is 7.84. The number of nitrogens with zero attached hydrogens (tertiary/aromatic N) is 1. The van der Waals surface area contributed by atoms with Gasteiger partial charge in [-0.25, -0.2) is 4.99 Å². The van der Waals surface area contributed by atoms with Gasteiger partial charge in [-0.3, -0.25) is 4.79 Å². The minimum Gasteiger partial charge on any atom is -0.357 e. The highest BCUT2D eigenvalue weighted by Gasteiger charge is 2.29. The van der Waals surface area contributed by atoms with E-state index >= 15 is 0 Å². The molecule has 1 atom stereocenters. The number of nitrogens with one attached hydrogen (secondary N) is 3. The molecular weight excluding hydrogens is 459 g/mol. The topological polar surface area (TPSA) is 65.5 Å². The van der Waals surface area contributed by atoms with Gasteiger partial charge in [-0.15, -0.1) is 30.4 Å². The molecule has 7 heteroatoms. The third kappa shape index (κ3) is 7.46. The van der Waals surface area contributed by atoms with Gasteiger partial charge in [-0.2, -0.15) is 11.8 Å². The molecule has 0 aromatic heterocycles. The maximum Gasteiger partial charge on any atom is 0.246 e. The highest BCUT2D eigenvalue weighted by Crippen LogP contribution is 2.36. The van der Waals surface area contributed by atoms with E-state index in [0.717, 1.165) is 18.7 Å². The molecule has 0 radical (unpaired) electrons. The van der Waals surface area contributed by atoms with Crippen molar-refractivity contribution in [3.05, 3.63) is 29.8 Å². The number of rotatable bonds is 6. The molecule has 142 valence electrons. The Labute approximate surface area is 177 Å². The zero-order valence-corrected chi connectivity index (χ0v) is 18.4. The summed E-state index contributed by atoms with van der Waals surface area (Å²) < 4.78 is 0.244. The Morgan fingerprint density at radius 2 is 2.23 bits per heavy atom. The molecule has 3 N–H and O–H groups in total. The minimum absolute atomic E-state index is 0. The van der Waals surface area contributed by atoms with Gasteiger partial charge in [0.2, 0.25) is 5.91 Å². The Morgan fingerprint density at radius 3 is 2.88 bits per heavy atom. The second-order valence-electron chi connectivity index (χ2n) is 6.22. The van der Waals surface area contributed by atoms with Crippen LogP contribution in [0.4, 0.5) is 5.69 Å². The molecule has 1 fully saturated rings. The van der Waals surface area contributed by atoms with Gasteiger partial charge < -0.3 is 16.0 Å². The molecule has 2 rings (SSSR count). The summed E-state index contributed by atoms with van der Waals surface area (Å²) in [5.41, 5.74) is 1.42. The molecule has 0 spiro atoms. The average molecular weight is 486 g/mol. The molecule has 1 aromatic carbocycles. The standard InChI is InChI=1S/C19H26N4OS.HI/c1-4-15-8-6-9-16(12-15)23-17(24)13-21-18(20-5-2)22-14-19(3)10-7-11-25-19;/h1,6,8-9,12H,5,7,10-11,13-14H2,2-3H3,(H,23,24)(H2,20,21,22);1H. The lowest BCUT2D eigenvalue weighted by Gasteiger charge is -2.24. The minimum atomic E-state index is -0.173. The van der Waals surface area contributed by atoms with E-state index < -0.39 is 0 Å².